The second kappa shape index (κ2) is 6.56. The highest BCUT2D eigenvalue weighted by Gasteiger charge is 2.18. The number of rotatable bonds is 4. The van der Waals surface area contributed by atoms with Gasteiger partial charge in [0.25, 0.3) is 0 Å². The van der Waals surface area contributed by atoms with E-state index < -0.39 is 0 Å². The highest BCUT2D eigenvalue weighted by Crippen LogP contribution is 2.21. The van der Waals surface area contributed by atoms with Crippen LogP contribution in [-0.2, 0) is 6.42 Å². The molecule has 1 fully saturated rings. The smallest absolute Gasteiger partial charge is 0.123 e. The molecule has 0 aromatic heterocycles. The fraction of sp³-hybridized carbons (Fsp3) is 0.500. The summed E-state index contributed by atoms with van der Waals surface area (Å²) < 4.78 is 12.8. The molecular weight excluding hydrogens is 225 g/mol. The van der Waals surface area contributed by atoms with Crippen molar-refractivity contribution in [1.82, 2.24) is 4.90 Å². The lowest BCUT2D eigenvalue weighted by atomic mass is 9.91. The molecule has 1 unspecified atom stereocenters. The number of piperidine rings is 1. The van der Waals surface area contributed by atoms with Gasteiger partial charge in [-0.05, 0) is 55.8 Å². The van der Waals surface area contributed by atoms with Crippen molar-refractivity contribution < 1.29 is 4.39 Å². The van der Waals surface area contributed by atoms with Crippen LogP contribution in [0.1, 0.15) is 24.8 Å². The van der Waals surface area contributed by atoms with E-state index in [0.29, 0.717) is 0 Å². The van der Waals surface area contributed by atoms with Crippen LogP contribution in [0.15, 0.2) is 24.3 Å². The molecule has 1 saturated heterocycles. The second-order valence-corrected chi connectivity index (χ2v) is 5.11. The summed E-state index contributed by atoms with van der Waals surface area (Å²) in [5, 5.41) is 0. The molecule has 0 bridgehead atoms. The first-order chi connectivity index (χ1) is 8.78. The highest BCUT2D eigenvalue weighted by molar-refractivity contribution is 5.16. The van der Waals surface area contributed by atoms with Crippen LogP contribution >= 0.6 is 0 Å². The van der Waals surface area contributed by atoms with E-state index in [0.717, 1.165) is 32.0 Å². The van der Waals surface area contributed by atoms with Crippen molar-refractivity contribution in [1.29, 1.82) is 0 Å². The fourth-order valence-electron chi connectivity index (χ4n) is 2.68. The minimum absolute atomic E-state index is 0.156. The summed E-state index contributed by atoms with van der Waals surface area (Å²) in [6, 6.07) is 6.86. The largest absolute Gasteiger partial charge is 0.292 e. The third-order valence-corrected chi connectivity index (χ3v) is 3.67. The van der Waals surface area contributed by atoms with Crippen LogP contribution in [0.4, 0.5) is 4.39 Å². The van der Waals surface area contributed by atoms with Crippen LogP contribution in [0.5, 0.6) is 0 Å². The summed E-state index contributed by atoms with van der Waals surface area (Å²) in [6.45, 7) is 3.02. The normalized spacial score (nSPS) is 20.6. The third kappa shape index (κ3) is 3.85. The molecule has 0 spiro atoms. The predicted molar refractivity (Wildman–Crippen MR) is 72.7 cm³/mol. The van der Waals surface area contributed by atoms with E-state index in [2.05, 4.69) is 10.8 Å². The lowest BCUT2D eigenvalue weighted by molar-refractivity contribution is 0.187. The van der Waals surface area contributed by atoms with Crippen molar-refractivity contribution in [2.45, 2.75) is 25.7 Å². The van der Waals surface area contributed by atoms with Crippen molar-refractivity contribution in [3.8, 4) is 12.3 Å². The maximum atomic E-state index is 12.8. The maximum absolute atomic E-state index is 12.8. The zero-order chi connectivity index (χ0) is 12.8. The number of benzene rings is 1. The van der Waals surface area contributed by atoms with Gasteiger partial charge in [0.05, 0.1) is 6.54 Å². The molecule has 1 nitrogen and oxygen atoms in total. The Morgan fingerprint density at radius 2 is 2.11 bits per heavy atom. The molecule has 0 N–H and O–H groups in total. The maximum Gasteiger partial charge on any atom is 0.123 e. The number of likely N-dealkylation sites (tertiary alicyclic amines) is 1. The lowest BCUT2D eigenvalue weighted by Gasteiger charge is -2.31. The second-order valence-electron chi connectivity index (χ2n) is 5.11. The number of aryl methyl sites for hydroxylation is 1. The Labute approximate surface area is 109 Å². The minimum atomic E-state index is -0.156. The van der Waals surface area contributed by atoms with Gasteiger partial charge in [-0.15, -0.1) is 6.42 Å². The molecule has 0 aliphatic carbocycles. The number of hydrogen-bond donors (Lipinski definition) is 0. The Balaban J connectivity index is 1.79. The molecule has 96 valence electrons. The summed E-state index contributed by atoms with van der Waals surface area (Å²) in [7, 11) is 0. The van der Waals surface area contributed by atoms with Gasteiger partial charge in [0.1, 0.15) is 5.82 Å². The van der Waals surface area contributed by atoms with Gasteiger partial charge in [0, 0.05) is 6.54 Å². The zero-order valence-corrected chi connectivity index (χ0v) is 10.7. The average Bonchev–Trinajstić information content (AvgIpc) is 2.39. The van der Waals surface area contributed by atoms with Gasteiger partial charge in [-0.3, -0.25) is 4.90 Å². The Kier molecular flexibility index (Phi) is 4.78. The van der Waals surface area contributed by atoms with Crippen molar-refractivity contribution >= 4 is 0 Å². The molecule has 1 aromatic carbocycles. The van der Waals surface area contributed by atoms with E-state index in [9.17, 15) is 4.39 Å². The molecule has 2 rings (SSSR count). The van der Waals surface area contributed by atoms with Crippen LogP contribution in [-0.4, -0.2) is 24.5 Å². The average molecular weight is 245 g/mol. The predicted octanol–water partition coefficient (Wildman–Crippen LogP) is 3.10. The van der Waals surface area contributed by atoms with Crippen LogP contribution in [0, 0.1) is 24.1 Å². The van der Waals surface area contributed by atoms with Crippen LogP contribution in [0.3, 0.4) is 0 Å². The van der Waals surface area contributed by atoms with Crippen molar-refractivity contribution in [2.24, 2.45) is 5.92 Å². The monoisotopic (exact) mass is 245 g/mol. The summed E-state index contributed by atoms with van der Waals surface area (Å²) in [4.78, 5) is 2.36. The van der Waals surface area contributed by atoms with Gasteiger partial charge in [-0.2, -0.15) is 0 Å². The Hall–Kier alpha value is -1.33. The molecule has 18 heavy (non-hydrogen) atoms. The van der Waals surface area contributed by atoms with Crippen molar-refractivity contribution in [3.05, 3.63) is 35.6 Å². The van der Waals surface area contributed by atoms with Crippen molar-refractivity contribution in [2.75, 3.05) is 19.6 Å². The molecule has 0 radical (unpaired) electrons. The van der Waals surface area contributed by atoms with Crippen LogP contribution < -0.4 is 0 Å². The van der Waals surface area contributed by atoms with Crippen LogP contribution in [0.2, 0.25) is 0 Å². The van der Waals surface area contributed by atoms with Gasteiger partial charge in [0.15, 0.2) is 0 Å². The summed E-state index contributed by atoms with van der Waals surface area (Å²) >= 11 is 0. The van der Waals surface area contributed by atoms with E-state index in [-0.39, 0.29) is 5.82 Å². The van der Waals surface area contributed by atoms with Crippen LogP contribution in [0.25, 0.3) is 0 Å². The summed E-state index contributed by atoms with van der Waals surface area (Å²) in [6.07, 6.45) is 10.1. The van der Waals surface area contributed by atoms with Crippen molar-refractivity contribution in [3.63, 3.8) is 0 Å². The standard InChI is InChI=1S/C16H20FN/c1-2-11-18-12-3-4-15(13-18)6-5-14-7-9-16(17)10-8-14/h1,7-10,15H,3-6,11-13H2. The van der Waals surface area contributed by atoms with Gasteiger partial charge in [-0.25, -0.2) is 4.39 Å². The third-order valence-electron chi connectivity index (χ3n) is 3.67. The first-order valence-electron chi connectivity index (χ1n) is 6.68. The summed E-state index contributed by atoms with van der Waals surface area (Å²) in [5.41, 5.74) is 1.23. The Bertz CT molecular complexity index is 404. The van der Waals surface area contributed by atoms with E-state index in [1.54, 1.807) is 12.1 Å². The van der Waals surface area contributed by atoms with Gasteiger partial charge in [-0.1, -0.05) is 18.1 Å². The van der Waals surface area contributed by atoms with E-state index in [1.165, 1.54) is 24.8 Å². The first kappa shape index (κ1) is 13.1. The van der Waals surface area contributed by atoms with E-state index in [4.69, 9.17) is 6.42 Å². The Morgan fingerprint density at radius 3 is 2.83 bits per heavy atom. The lowest BCUT2D eigenvalue weighted by Crippen LogP contribution is -2.35. The molecule has 1 aromatic rings. The van der Waals surface area contributed by atoms with Gasteiger partial charge >= 0.3 is 0 Å². The van der Waals surface area contributed by atoms with Gasteiger partial charge in [0.2, 0.25) is 0 Å². The van der Waals surface area contributed by atoms with E-state index >= 15 is 0 Å². The fourth-order valence-corrected chi connectivity index (χ4v) is 2.68. The number of terminal acetylenes is 1. The Morgan fingerprint density at radius 1 is 1.33 bits per heavy atom. The molecule has 1 aliphatic rings. The molecule has 1 heterocycles. The molecular formula is C16H20FN. The number of halogens is 1. The molecule has 1 atom stereocenters. The zero-order valence-electron chi connectivity index (χ0n) is 10.7. The molecule has 2 heteroatoms. The van der Waals surface area contributed by atoms with Gasteiger partial charge < -0.3 is 0 Å². The quantitative estimate of drug-likeness (QED) is 0.737. The SMILES string of the molecule is C#CCN1CCCC(CCc2ccc(F)cc2)C1. The molecule has 1 aliphatic heterocycles. The number of nitrogens with zero attached hydrogens (tertiary/aromatic N) is 1. The summed E-state index contributed by atoms with van der Waals surface area (Å²) in [5.74, 6) is 3.30. The molecule has 0 saturated carbocycles. The minimum Gasteiger partial charge on any atom is -0.292 e. The topological polar surface area (TPSA) is 3.24 Å². The van der Waals surface area contributed by atoms with E-state index in [1.807, 2.05) is 12.1 Å². The number of hydrogen-bond acceptors (Lipinski definition) is 1. The first-order valence-corrected chi connectivity index (χ1v) is 6.68. The highest BCUT2D eigenvalue weighted by atomic mass is 19.1. The molecule has 0 amide bonds.